The number of hydrogen-bond donors (Lipinski definition) is 2. The van der Waals surface area contributed by atoms with E-state index in [-0.39, 0.29) is 43.0 Å². The summed E-state index contributed by atoms with van der Waals surface area (Å²) in [6, 6.07) is 4.43. The van der Waals surface area contributed by atoms with E-state index in [2.05, 4.69) is 20.4 Å². The lowest BCUT2D eigenvalue weighted by molar-refractivity contribution is -0.150. The highest BCUT2D eigenvalue weighted by atomic mass is 16.6. The van der Waals surface area contributed by atoms with Crippen molar-refractivity contribution in [1.82, 2.24) is 20.5 Å². The van der Waals surface area contributed by atoms with Crippen LogP contribution in [-0.4, -0.2) is 101 Å². The molecule has 15 nitrogen and oxygen atoms in total. The van der Waals surface area contributed by atoms with Gasteiger partial charge in [0.05, 0.1) is 25.8 Å². The maximum atomic E-state index is 14.5. The van der Waals surface area contributed by atoms with Crippen LogP contribution in [0.3, 0.4) is 0 Å². The van der Waals surface area contributed by atoms with Crippen LogP contribution in [0.2, 0.25) is 0 Å². The van der Waals surface area contributed by atoms with Crippen molar-refractivity contribution in [3.05, 3.63) is 47.6 Å². The van der Waals surface area contributed by atoms with Gasteiger partial charge in [-0.15, -0.1) is 0 Å². The number of aromatic nitrogens is 1. The fraction of sp³-hybridized carbons (Fsp3) is 0.553. The molecule has 3 fully saturated rings. The maximum Gasteiger partial charge on any atom is 0.408 e. The Bertz CT molecular complexity index is 1820. The number of ether oxygens (including phenoxy) is 4. The lowest BCUT2D eigenvalue weighted by Gasteiger charge is -2.29. The predicted molar refractivity (Wildman–Crippen MR) is 190 cm³/mol. The summed E-state index contributed by atoms with van der Waals surface area (Å²) in [5.41, 5.74) is 8.05. The van der Waals surface area contributed by atoms with Gasteiger partial charge in [-0.05, 0) is 70.4 Å². The SMILES string of the molecule is CCOC(=O)[C@@]12CC1/C=C\CCCCC[C@H](NC(=O)OC1CCCC1)C(=O)N1C[C@H](Oc3cc(C(=O)C=[N+]=[N-])nc4cc(OC)ccc34)C[C@H]1C(=O)N2. The fourth-order valence-corrected chi connectivity index (χ4v) is 7.55. The first kappa shape index (κ1) is 37.5. The Hall–Kier alpha value is -5.30. The van der Waals surface area contributed by atoms with Crippen molar-refractivity contribution in [1.29, 1.82) is 0 Å². The van der Waals surface area contributed by atoms with Gasteiger partial charge in [-0.25, -0.2) is 14.6 Å². The molecule has 2 N–H and O–H groups in total. The second-order valence-corrected chi connectivity index (χ2v) is 14.0. The van der Waals surface area contributed by atoms with E-state index in [9.17, 15) is 24.0 Å². The van der Waals surface area contributed by atoms with Crippen molar-refractivity contribution in [2.75, 3.05) is 20.3 Å². The predicted octanol–water partition coefficient (Wildman–Crippen LogP) is 4.07. The number of alkyl carbamates (subject to hydrolysis) is 1. The van der Waals surface area contributed by atoms with Gasteiger partial charge in [0.2, 0.25) is 11.8 Å². The highest BCUT2D eigenvalue weighted by Gasteiger charge is 2.62. The second-order valence-electron chi connectivity index (χ2n) is 14.0. The van der Waals surface area contributed by atoms with Crippen LogP contribution in [0.25, 0.3) is 16.4 Å². The number of esters is 1. The smallest absolute Gasteiger partial charge is 0.408 e. The molecule has 2 aliphatic heterocycles. The van der Waals surface area contributed by atoms with Crippen LogP contribution in [-0.2, 0) is 23.9 Å². The third-order valence-electron chi connectivity index (χ3n) is 10.4. The lowest BCUT2D eigenvalue weighted by Crippen LogP contribution is -2.56. The third-order valence-corrected chi connectivity index (χ3v) is 10.4. The van der Waals surface area contributed by atoms with Crippen molar-refractivity contribution >= 4 is 46.8 Å². The molecule has 282 valence electrons. The van der Waals surface area contributed by atoms with E-state index in [0.717, 1.165) is 51.2 Å². The minimum absolute atomic E-state index is 0.0378. The number of Topliss-reactive ketones (excluding diaryl/α,β-unsaturated/α-hetero) is 1. The summed E-state index contributed by atoms with van der Waals surface area (Å²) in [6.45, 7) is 1.81. The van der Waals surface area contributed by atoms with Crippen LogP contribution in [0.15, 0.2) is 36.4 Å². The monoisotopic (exact) mass is 730 g/mol. The van der Waals surface area contributed by atoms with Crippen molar-refractivity contribution in [3.63, 3.8) is 0 Å². The number of methoxy groups -OCH3 is 1. The molecule has 1 unspecified atom stereocenters. The number of rotatable bonds is 9. The second kappa shape index (κ2) is 16.6. The minimum Gasteiger partial charge on any atom is -0.497 e. The normalized spacial score (nSPS) is 26.8. The van der Waals surface area contributed by atoms with Gasteiger partial charge in [0.15, 0.2) is 0 Å². The van der Waals surface area contributed by atoms with Gasteiger partial charge in [-0.3, -0.25) is 14.4 Å². The third kappa shape index (κ3) is 8.51. The van der Waals surface area contributed by atoms with Crippen LogP contribution in [0.4, 0.5) is 4.79 Å². The molecule has 6 rings (SSSR count). The van der Waals surface area contributed by atoms with E-state index in [1.807, 2.05) is 12.2 Å². The number of hydrogen-bond acceptors (Lipinski definition) is 10. The summed E-state index contributed by atoms with van der Waals surface area (Å²) in [7, 11) is 1.50. The number of amides is 3. The van der Waals surface area contributed by atoms with E-state index in [4.69, 9.17) is 24.5 Å². The molecule has 0 radical (unpaired) electrons. The number of ketones is 1. The van der Waals surface area contributed by atoms with E-state index in [1.54, 1.807) is 25.1 Å². The number of carbonyl (C=O) groups is 5. The molecule has 5 atom stereocenters. The van der Waals surface area contributed by atoms with E-state index >= 15 is 0 Å². The van der Waals surface area contributed by atoms with E-state index in [0.29, 0.717) is 35.9 Å². The Kier molecular flexibility index (Phi) is 11.7. The standard InChI is InChI=1S/C38H46N6O9/c1-3-51-36(48)38-20-23(38)11-7-5-4-6-8-14-28(42-37(49)53-24-12-9-10-13-24)35(47)44-22-26(18-31(44)34(46)43-38)52-33-19-30(32(45)21-40-39)41-29-17-25(50-2)15-16-27(29)33/h7,11,15-17,19,21,23-24,26,28,31H,3-6,8-10,12-14,18,20,22H2,1-2H3,(H,42,49)(H,43,46)/b11-7-/t23?,26-,28+,31+,38-/m1/s1. The van der Waals surface area contributed by atoms with E-state index in [1.165, 1.54) is 18.1 Å². The first-order valence-corrected chi connectivity index (χ1v) is 18.5. The summed E-state index contributed by atoms with van der Waals surface area (Å²) in [6.07, 6.45) is 10.3. The Morgan fingerprint density at radius 1 is 1.09 bits per heavy atom. The minimum atomic E-state index is -1.26. The highest BCUT2D eigenvalue weighted by Crippen LogP contribution is 2.46. The summed E-state index contributed by atoms with van der Waals surface area (Å²) >= 11 is 0. The van der Waals surface area contributed by atoms with Crippen LogP contribution in [0.1, 0.15) is 88.0 Å². The fourth-order valence-electron chi connectivity index (χ4n) is 7.55. The zero-order valence-corrected chi connectivity index (χ0v) is 30.1. The summed E-state index contributed by atoms with van der Waals surface area (Å²) < 4.78 is 22.9. The number of pyridine rings is 1. The quantitative estimate of drug-likeness (QED) is 0.0947. The molecule has 2 saturated carbocycles. The first-order chi connectivity index (χ1) is 25.6. The van der Waals surface area contributed by atoms with Crippen molar-refractivity contribution in [3.8, 4) is 11.5 Å². The molecule has 1 saturated heterocycles. The van der Waals surface area contributed by atoms with Gasteiger partial charge in [-0.1, -0.05) is 25.0 Å². The van der Waals surface area contributed by atoms with Gasteiger partial charge in [0.25, 0.3) is 5.78 Å². The summed E-state index contributed by atoms with van der Waals surface area (Å²) in [5.74, 6) is -1.75. The Morgan fingerprint density at radius 2 is 1.89 bits per heavy atom. The summed E-state index contributed by atoms with van der Waals surface area (Å²) in [5, 5.41) is 6.29. The van der Waals surface area contributed by atoms with Crippen molar-refractivity contribution in [2.45, 2.75) is 107 Å². The molecule has 2 aliphatic carbocycles. The Labute approximate surface area is 307 Å². The maximum absolute atomic E-state index is 14.5. The Balaban J connectivity index is 1.33. The van der Waals surface area contributed by atoms with Gasteiger partial charge in [-0.2, -0.15) is 4.79 Å². The molecule has 1 aromatic heterocycles. The number of nitrogens with one attached hydrogen (secondary N) is 2. The number of benzene rings is 1. The number of fused-ring (bicyclic) bond motifs is 3. The number of carbonyl (C=O) groups excluding carboxylic acids is 5. The van der Waals surface area contributed by atoms with Gasteiger partial charge < -0.3 is 40.0 Å². The van der Waals surface area contributed by atoms with Crippen LogP contribution in [0, 0.1) is 5.92 Å². The molecule has 0 bridgehead atoms. The molecule has 2 aromatic rings. The number of nitrogens with zero attached hydrogens (tertiary/aromatic N) is 4. The van der Waals surface area contributed by atoms with Crippen LogP contribution >= 0.6 is 0 Å². The molecule has 15 heteroatoms. The van der Waals surface area contributed by atoms with Crippen LogP contribution < -0.4 is 20.1 Å². The van der Waals surface area contributed by atoms with Gasteiger partial charge >= 0.3 is 18.3 Å². The van der Waals surface area contributed by atoms with E-state index < -0.39 is 53.4 Å². The topological polar surface area (TPSA) is 199 Å². The largest absolute Gasteiger partial charge is 0.497 e. The lowest BCUT2D eigenvalue weighted by atomic mass is 10.0. The molecule has 53 heavy (non-hydrogen) atoms. The number of allylic oxidation sites excluding steroid dienone is 1. The molecule has 4 aliphatic rings. The van der Waals surface area contributed by atoms with Crippen molar-refractivity contribution in [2.24, 2.45) is 5.92 Å². The molecule has 3 amide bonds. The molecule has 3 heterocycles. The zero-order chi connectivity index (χ0) is 37.5. The zero-order valence-electron chi connectivity index (χ0n) is 30.1. The highest BCUT2D eigenvalue weighted by molar-refractivity contribution is 6.33. The molecular weight excluding hydrogens is 684 g/mol. The average molecular weight is 731 g/mol. The summed E-state index contributed by atoms with van der Waals surface area (Å²) in [4.78, 5) is 76.5. The van der Waals surface area contributed by atoms with Gasteiger partial charge in [0.1, 0.15) is 47.0 Å². The van der Waals surface area contributed by atoms with Crippen LogP contribution in [0.5, 0.6) is 11.5 Å². The molecule has 1 aromatic carbocycles. The van der Waals surface area contributed by atoms with Crippen molar-refractivity contribution < 1.29 is 47.7 Å². The molecular formula is C38H46N6O9. The van der Waals surface area contributed by atoms with Gasteiger partial charge in [0, 0.05) is 29.9 Å². The molecule has 0 spiro atoms. The first-order valence-electron chi connectivity index (χ1n) is 18.5. The Morgan fingerprint density at radius 3 is 2.64 bits per heavy atom. The average Bonchev–Trinajstić information content (AvgIpc) is 3.41.